The van der Waals surface area contributed by atoms with Crippen LogP contribution in [0.25, 0.3) is 0 Å². The van der Waals surface area contributed by atoms with E-state index in [1.54, 1.807) is 6.92 Å². The molecule has 0 aliphatic carbocycles. The lowest BCUT2D eigenvalue weighted by Crippen LogP contribution is -2.24. The molecule has 0 spiro atoms. The Labute approximate surface area is 104 Å². The third-order valence-electron chi connectivity index (χ3n) is 1.86. The minimum Gasteiger partial charge on any atom is -0.465 e. The fourth-order valence-electron chi connectivity index (χ4n) is 1.14. The summed E-state index contributed by atoms with van der Waals surface area (Å²) in [6, 6.07) is 1.04. The van der Waals surface area contributed by atoms with Gasteiger partial charge in [0, 0.05) is 6.07 Å². The molecule has 1 rings (SSSR count). The average molecular weight is 305 g/mol. The molecular weight excluding hydrogens is 296 g/mol. The van der Waals surface area contributed by atoms with Gasteiger partial charge in [-0.05, 0) is 22.9 Å². The number of carbonyl (C=O) groups excluding carboxylic acids is 1. The Morgan fingerprint density at radius 2 is 2.29 bits per heavy atom. The first-order chi connectivity index (χ1) is 7.95. The summed E-state index contributed by atoms with van der Waals surface area (Å²) in [4.78, 5) is 32.6. The highest BCUT2D eigenvalue weighted by molar-refractivity contribution is 9.10. The maximum Gasteiger partial charge on any atom is 0.326 e. The molecule has 17 heavy (non-hydrogen) atoms. The molecule has 0 amide bonds. The first-order valence-electron chi connectivity index (χ1n) is 4.65. The number of halogens is 1. The molecule has 92 valence electrons. The summed E-state index contributed by atoms with van der Waals surface area (Å²) < 4.78 is 5.66. The molecule has 1 aromatic rings. The average Bonchev–Trinajstić information content (AvgIpc) is 2.21. The Morgan fingerprint density at radius 1 is 1.65 bits per heavy atom. The number of hydrogen-bond donors (Lipinski definition) is 0. The molecular formula is C9H9BrN2O5. The second kappa shape index (κ2) is 5.58. The van der Waals surface area contributed by atoms with Crippen LogP contribution in [0.5, 0.6) is 0 Å². The SMILES string of the molecule is CCOC(=O)Cn1cc([N+](=O)[O-])c(Br)cc1=O. The molecule has 0 saturated heterocycles. The van der Waals surface area contributed by atoms with E-state index in [1.807, 2.05) is 0 Å². The zero-order chi connectivity index (χ0) is 13.0. The molecule has 0 aliphatic heterocycles. The summed E-state index contributed by atoms with van der Waals surface area (Å²) in [5, 5.41) is 10.6. The number of rotatable bonds is 4. The van der Waals surface area contributed by atoms with E-state index >= 15 is 0 Å². The van der Waals surface area contributed by atoms with E-state index in [0.29, 0.717) is 0 Å². The molecule has 0 radical (unpaired) electrons. The molecule has 0 unspecified atom stereocenters. The Kier molecular flexibility index (Phi) is 4.38. The van der Waals surface area contributed by atoms with Crippen molar-refractivity contribution in [2.75, 3.05) is 6.61 Å². The van der Waals surface area contributed by atoms with Crippen LogP contribution in [0.1, 0.15) is 6.92 Å². The normalized spacial score (nSPS) is 10.0. The molecule has 0 bridgehead atoms. The Balaban J connectivity index is 3.08. The molecule has 0 aromatic carbocycles. The summed E-state index contributed by atoms with van der Waals surface area (Å²) in [6.45, 7) is 1.47. The van der Waals surface area contributed by atoms with Crippen molar-refractivity contribution in [3.05, 3.63) is 37.2 Å². The van der Waals surface area contributed by atoms with Gasteiger partial charge < -0.3 is 4.74 Å². The topological polar surface area (TPSA) is 91.4 Å². The lowest BCUT2D eigenvalue weighted by atomic mass is 10.4. The van der Waals surface area contributed by atoms with Gasteiger partial charge in [-0.2, -0.15) is 0 Å². The second-order valence-electron chi connectivity index (χ2n) is 3.03. The summed E-state index contributed by atoms with van der Waals surface area (Å²) in [5.74, 6) is -0.619. The predicted molar refractivity (Wildman–Crippen MR) is 61.7 cm³/mol. The van der Waals surface area contributed by atoms with Crippen LogP contribution in [0.2, 0.25) is 0 Å². The van der Waals surface area contributed by atoms with E-state index in [4.69, 9.17) is 0 Å². The molecule has 1 heterocycles. The van der Waals surface area contributed by atoms with E-state index in [1.165, 1.54) is 0 Å². The van der Waals surface area contributed by atoms with E-state index in [9.17, 15) is 19.7 Å². The van der Waals surface area contributed by atoms with E-state index in [-0.39, 0.29) is 23.3 Å². The van der Waals surface area contributed by atoms with E-state index in [0.717, 1.165) is 16.8 Å². The predicted octanol–water partition coefficient (Wildman–Crippen LogP) is 1.08. The lowest BCUT2D eigenvalue weighted by Gasteiger charge is -2.05. The monoisotopic (exact) mass is 304 g/mol. The van der Waals surface area contributed by atoms with Gasteiger partial charge in [-0.3, -0.25) is 24.3 Å². The van der Waals surface area contributed by atoms with Crippen LogP contribution in [-0.2, 0) is 16.1 Å². The molecule has 0 N–H and O–H groups in total. The maximum absolute atomic E-state index is 11.5. The minimum atomic E-state index is -0.648. The second-order valence-corrected chi connectivity index (χ2v) is 3.89. The van der Waals surface area contributed by atoms with Gasteiger partial charge in [-0.15, -0.1) is 0 Å². The van der Waals surface area contributed by atoms with Crippen molar-refractivity contribution in [3.63, 3.8) is 0 Å². The van der Waals surface area contributed by atoms with Crippen LogP contribution >= 0.6 is 15.9 Å². The Morgan fingerprint density at radius 3 is 2.82 bits per heavy atom. The quantitative estimate of drug-likeness (QED) is 0.471. The molecule has 1 aromatic heterocycles. The number of hydrogen-bond acceptors (Lipinski definition) is 5. The van der Waals surface area contributed by atoms with Gasteiger partial charge in [-0.25, -0.2) is 0 Å². The van der Waals surface area contributed by atoms with E-state index in [2.05, 4.69) is 20.7 Å². The fraction of sp³-hybridized carbons (Fsp3) is 0.333. The molecule has 0 fully saturated rings. The van der Waals surface area contributed by atoms with Crippen LogP contribution < -0.4 is 5.56 Å². The van der Waals surface area contributed by atoms with Gasteiger partial charge in [-0.1, -0.05) is 0 Å². The summed E-state index contributed by atoms with van der Waals surface area (Å²) in [6.07, 6.45) is 1.00. The summed E-state index contributed by atoms with van der Waals surface area (Å²) >= 11 is 2.91. The minimum absolute atomic E-state index is 0.0765. The zero-order valence-corrected chi connectivity index (χ0v) is 10.5. The molecule has 8 heteroatoms. The number of ether oxygens (including phenoxy) is 1. The van der Waals surface area contributed by atoms with Crippen molar-refractivity contribution < 1.29 is 14.5 Å². The van der Waals surface area contributed by atoms with Gasteiger partial charge in [0.2, 0.25) is 0 Å². The van der Waals surface area contributed by atoms with Crippen molar-refractivity contribution in [1.29, 1.82) is 0 Å². The number of carbonyl (C=O) groups is 1. The number of aromatic nitrogens is 1. The molecule has 7 nitrogen and oxygen atoms in total. The van der Waals surface area contributed by atoms with Gasteiger partial charge in [0.25, 0.3) is 11.2 Å². The van der Waals surface area contributed by atoms with Crippen LogP contribution in [0.15, 0.2) is 21.5 Å². The van der Waals surface area contributed by atoms with Crippen LogP contribution in [0.4, 0.5) is 5.69 Å². The zero-order valence-electron chi connectivity index (χ0n) is 8.88. The van der Waals surface area contributed by atoms with Crippen molar-refractivity contribution in [1.82, 2.24) is 4.57 Å². The van der Waals surface area contributed by atoms with Gasteiger partial charge in [0.05, 0.1) is 17.7 Å². The molecule has 0 saturated carbocycles. The van der Waals surface area contributed by atoms with Crippen molar-refractivity contribution in [2.24, 2.45) is 0 Å². The van der Waals surface area contributed by atoms with Crippen LogP contribution in [0, 0.1) is 10.1 Å². The highest BCUT2D eigenvalue weighted by Gasteiger charge is 2.16. The number of pyridine rings is 1. The van der Waals surface area contributed by atoms with Gasteiger partial charge in [0.1, 0.15) is 11.0 Å². The van der Waals surface area contributed by atoms with Gasteiger partial charge >= 0.3 is 5.97 Å². The van der Waals surface area contributed by atoms with Gasteiger partial charge in [0.15, 0.2) is 0 Å². The standard InChI is InChI=1S/C9H9BrN2O5/c1-2-17-9(14)5-11-4-7(12(15)16)6(10)3-8(11)13/h3-4H,2,5H2,1H3. The summed E-state index contributed by atoms with van der Waals surface area (Å²) in [7, 11) is 0. The maximum atomic E-state index is 11.5. The van der Waals surface area contributed by atoms with Crippen LogP contribution in [0.3, 0.4) is 0 Å². The first-order valence-corrected chi connectivity index (χ1v) is 5.45. The smallest absolute Gasteiger partial charge is 0.326 e. The lowest BCUT2D eigenvalue weighted by molar-refractivity contribution is -0.386. The highest BCUT2D eigenvalue weighted by atomic mass is 79.9. The Bertz CT molecular complexity index is 511. The van der Waals surface area contributed by atoms with E-state index < -0.39 is 16.5 Å². The first kappa shape index (κ1) is 13.4. The summed E-state index contributed by atoms with van der Waals surface area (Å²) in [5.41, 5.74) is -0.801. The third kappa shape index (κ3) is 3.38. The van der Waals surface area contributed by atoms with Crippen molar-refractivity contribution in [2.45, 2.75) is 13.5 Å². The Hall–Kier alpha value is -1.70. The van der Waals surface area contributed by atoms with Crippen molar-refractivity contribution >= 4 is 27.6 Å². The molecule has 0 atom stereocenters. The number of nitrogens with zero attached hydrogens (tertiary/aromatic N) is 2. The van der Waals surface area contributed by atoms with Crippen molar-refractivity contribution in [3.8, 4) is 0 Å². The fourth-order valence-corrected chi connectivity index (χ4v) is 1.58. The molecule has 0 aliphatic rings. The van der Waals surface area contributed by atoms with Crippen LogP contribution in [-0.4, -0.2) is 22.1 Å². The number of esters is 1. The number of nitro groups is 1. The third-order valence-corrected chi connectivity index (χ3v) is 2.49. The largest absolute Gasteiger partial charge is 0.465 e. The highest BCUT2D eigenvalue weighted by Crippen LogP contribution is 2.21.